The van der Waals surface area contributed by atoms with Crippen LogP contribution in [0.3, 0.4) is 0 Å². The van der Waals surface area contributed by atoms with E-state index in [1.54, 1.807) is 35.2 Å². The fraction of sp³-hybridized carbons (Fsp3) is 0.700. The van der Waals surface area contributed by atoms with Crippen molar-refractivity contribution in [3.8, 4) is 0 Å². The molecule has 7 heterocycles. The van der Waals surface area contributed by atoms with Crippen LogP contribution in [0.4, 0.5) is 23.3 Å². The minimum Gasteiger partial charge on any atom is -1.00 e. The fourth-order valence-corrected chi connectivity index (χ4v) is 14.7. The largest absolute Gasteiger partial charge is 2.00 e. The molecule has 6 aromatic rings. The third kappa shape index (κ3) is 38.6. The average molecular weight is 1610 g/mol. The molecule has 3 radical (unpaired) electrons. The molecular formula is C70H134BBrMgN15O7Si7. The minimum atomic E-state index is -1.86. The smallest absolute Gasteiger partial charge is 1.00 e. The van der Waals surface area contributed by atoms with Gasteiger partial charge in [0.2, 0.25) is 0 Å². The summed E-state index contributed by atoms with van der Waals surface area (Å²) in [5, 5.41) is 13.5. The molecular weight excluding hydrogens is 1470 g/mol. The van der Waals surface area contributed by atoms with Crippen LogP contribution >= 0.6 is 0 Å². The normalized spacial score (nSPS) is 13.4. The number of fused-ring (bicyclic) bond motifs is 3. The molecule has 22 nitrogen and oxygen atoms in total. The first-order valence-corrected chi connectivity index (χ1v) is 60.7. The van der Waals surface area contributed by atoms with Crippen LogP contribution in [0.1, 0.15) is 64.9 Å². The molecule has 1 atom stereocenters. The Balaban J connectivity index is 0.00000143. The molecule has 2 N–H and O–H groups in total. The van der Waals surface area contributed by atoms with Gasteiger partial charge >= 0.3 is 23.1 Å². The molecule has 1 fully saturated rings. The molecule has 0 amide bonds. The quantitative estimate of drug-likeness (QED) is 0.0128. The number of hydrogen-bond donors (Lipinski definition) is 1. The summed E-state index contributed by atoms with van der Waals surface area (Å²) in [5.41, 5.74) is 11.1. The molecule has 0 aromatic carbocycles. The van der Waals surface area contributed by atoms with Gasteiger partial charge in [-0.1, -0.05) is 150 Å². The van der Waals surface area contributed by atoms with Crippen molar-refractivity contribution < 1.29 is 50.1 Å². The molecule has 1 aliphatic rings. The Labute approximate surface area is 652 Å². The van der Waals surface area contributed by atoms with Crippen LogP contribution in [0.2, 0.25) is 172 Å². The molecule has 1 unspecified atom stereocenters. The van der Waals surface area contributed by atoms with E-state index in [0.717, 1.165) is 135 Å². The van der Waals surface area contributed by atoms with Crippen LogP contribution in [0.25, 0.3) is 21.8 Å². The maximum Gasteiger partial charge on any atom is 2.00 e. The third-order valence-electron chi connectivity index (χ3n) is 16.5. The topological polar surface area (TPSA) is 208 Å². The van der Waals surface area contributed by atoms with Gasteiger partial charge in [0.05, 0.1) is 30.0 Å². The van der Waals surface area contributed by atoms with E-state index >= 15 is 0 Å². The van der Waals surface area contributed by atoms with Crippen LogP contribution in [-0.4, -0.2) is 231 Å². The third-order valence-corrected chi connectivity index (χ3v) is 31.3. The SMILES string of the molecule is C1CCOC1.CC(=N[Si](C)(C)C(C)(C)C)c1cc(N(COCC[Si](C)(C)C)COCC[Si](C)(C)C)n2nccc2n1.CC(N)c1cc(N(COCC[Si](C)(C)C)COCC[Si](C)(C)C)n2nccc2n1.[B].[Br-].[C-]#[N+]c1cc(N(COCC[Si](C)(C)C)COCC[Si](C)(C)C)n2nccc2n1.[CH3-].[Mg+2]. The molecule has 102 heavy (non-hydrogen) atoms. The zero-order chi connectivity index (χ0) is 73.3. The zero-order valence-corrected chi connectivity index (χ0v) is 78.2. The predicted octanol–water partition coefficient (Wildman–Crippen LogP) is 13.4. The number of nitrogens with two attached hydrogens (primary N) is 1. The van der Waals surface area contributed by atoms with Gasteiger partial charge in [0.1, 0.15) is 57.8 Å². The summed E-state index contributed by atoms with van der Waals surface area (Å²) in [7, 11) is -8.75. The number of halogens is 1. The molecule has 571 valence electrons. The van der Waals surface area contributed by atoms with Crippen molar-refractivity contribution in [3.05, 3.63) is 85.2 Å². The van der Waals surface area contributed by atoms with Crippen molar-refractivity contribution in [2.45, 2.75) is 226 Å². The molecule has 32 heteroatoms. The molecule has 0 bridgehead atoms. The number of anilines is 3. The van der Waals surface area contributed by atoms with Gasteiger partial charge in [-0.3, -0.25) is 0 Å². The summed E-state index contributed by atoms with van der Waals surface area (Å²) in [5.74, 6) is 2.93. The van der Waals surface area contributed by atoms with Gasteiger partial charge in [0.15, 0.2) is 19.5 Å². The summed E-state index contributed by atoms with van der Waals surface area (Å²) in [6.45, 7) is 74.4. The van der Waals surface area contributed by atoms with Crippen LogP contribution in [-0.2, 0) is 33.2 Å². The summed E-state index contributed by atoms with van der Waals surface area (Å²) in [6.07, 6.45) is 7.80. The number of ether oxygens (including phenoxy) is 7. The standard InChI is InChI=1S/C26H51N5O2Si3.C20H39N5O2Si2.C19H33N5O2Si2.C4H8O.CH3.B.BrH.Mg/c1-22(29-36(11,12)26(2,3)4)23-19-25(31-24(28-23)13-14-27-31)30(20-32-15-17-34(5,6)7)21-33-16-18-35(8,9)10;1-17(21)18-14-20(25-19(23-18)8-9-22-25)24(15-26-10-12-28(2,3)4)16-27-11-13-29(5,6)7;1-20-17-14-19(24-18(22-17)8-9-21-24)23(15-25-10-12-27(2,3)4)16-26-11-13-28(5,6)7;1-2-4-5-3-1;;;;/h13-14,19H,15-18,20-21H2,1-12H3;8-9,14,17H,10-13,15-16,21H2,1-7H3;8-9,14H,10-13,15-16H2,2-7H3;1-4H2;1H3;;1H;/q;;;;-1;;;+2/p-1. The summed E-state index contributed by atoms with van der Waals surface area (Å²) >= 11 is 0. The number of hydrogen-bond acceptors (Lipinski definition) is 18. The van der Waals surface area contributed by atoms with E-state index in [-0.39, 0.29) is 67.0 Å². The first-order valence-electron chi connectivity index (χ1n) is 35.5. The molecule has 1 saturated heterocycles. The van der Waals surface area contributed by atoms with Gasteiger partial charge in [-0.2, -0.15) is 28.8 Å². The Bertz CT molecular complexity index is 3310. The second-order valence-corrected chi connectivity index (χ2v) is 73.3. The van der Waals surface area contributed by atoms with Gasteiger partial charge in [0, 0.05) is 158 Å². The second-order valence-electron chi connectivity index (χ2n) is 34.7. The molecule has 7 rings (SSSR count). The van der Waals surface area contributed by atoms with Crippen molar-refractivity contribution in [2.75, 3.05) is 108 Å². The Morgan fingerprint density at radius 1 is 0.529 bits per heavy atom. The minimum absolute atomic E-state index is 0. The summed E-state index contributed by atoms with van der Waals surface area (Å²) < 4.78 is 52.0. The first-order chi connectivity index (χ1) is 45.4. The Hall–Kier alpha value is -3.07. The van der Waals surface area contributed by atoms with Crippen LogP contribution in [0.15, 0.2) is 59.6 Å². The Kier molecular flexibility index (Phi) is 44.3. The van der Waals surface area contributed by atoms with E-state index in [4.69, 9.17) is 55.1 Å². The monoisotopic (exact) mass is 1610 g/mol. The number of nitrogens with zero attached hydrogens (tertiary/aromatic N) is 14. The van der Waals surface area contributed by atoms with Gasteiger partial charge in [0.25, 0.3) is 11.5 Å². The molecule has 0 saturated carbocycles. The van der Waals surface area contributed by atoms with Crippen LogP contribution < -0.4 is 37.4 Å². The molecule has 1 aliphatic heterocycles. The predicted molar refractivity (Wildman–Crippen MR) is 446 cm³/mol. The zero-order valence-electron chi connectivity index (χ0n) is 68.2. The van der Waals surface area contributed by atoms with E-state index in [1.807, 2.05) is 39.1 Å². The van der Waals surface area contributed by atoms with E-state index in [9.17, 15) is 0 Å². The molecule has 6 aromatic heterocycles. The Morgan fingerprint density at radius 3 is 1.10 bits per heavy atom. The Morgan fingerprint density at radius 2 is 0.824 bits per heavy atom. The molecule has 0 spiro atoms. The summed E-state index contributed by atoms with van der Waals surface area (Å²) in [6, 6.07) is 18.1. The maximum absolute atomic E-state index is 7.34. The van der Waals surface area contributed by atoms with Crippen molar-refractivity contribution in [1.82, 2.24) is 43.8 Å². The van der Waals surface area contributed by atoms with Gasteiger partial charge < -0.3 is 87.5 Å². The first kappa shape index (κ1) is 98.9. The van der Waals surface area contributed by atoms with Crippen molar-refractivity contribution in [2.24, 2.45) is 10.4 Å². The van der Waals surface area contributed by atoms with Crippen molar-refractivity contribution in [1.29, 1.82) is 0 Å². The fourth-order valence-electron chi connectivity index (χ4n) is 8.83. The van der Waals surface area contributed by atoms with Gasteiger partial charge in [-0.25, -0.2) is 9.97 Å². The van der Waals surface area contributed by atoms with Crippen molar-refractivity contribution in [3.63, 3.8) is 0 Å². The van der Waals surface area contributed by atoms with Crippen LogP contribution in [0, 0.1) is 14.0 Å². The van der Waals surface area contributed by atoms with E-state index in [1.165, 1.54) is 12.8 Å². The molecule has 0 aliphatic carbocycles. The van der Waals surface area contributed by atoms with Gasteiger partial charge in [-0.15, -0.1) is 0 Å². The van der Waals surface area contributed by atoms with Crippen LogP contribution in [0.5, 0.6) is 0 Å². The van der Waals surface area contributed by atoms with Crippen molar-refractivity contribution >= 4 is 134 Å². The summed E-state index contributed by atoms with van der Waals surface area (Å²) in [4.78, 5) is 23.5. The van der Waals surface area contributed by atoms with E-state index in [0.29, 0.717) is 51.8 Å². The van der Waals surface area contributed by atoms with E-state index < -0.39 is 56.7 Å². The van der Waals surface area contributed by atoms with Gasteiger partial charge in [-0.05, 0) is 81.1 Å². The number of aromatic nitrogens is 9. The average Bonchev–Trinajstić information content (AvgIpc) is 1.52. The number of rotatable bonds is 36. The maximum atomic E-state index is 7.34. The van der Waals surface area contributed by atoms with E-state index in [2.05, 4.69) is 205 Å². The second kappa shape index (κ2) is 45.7.